The van der Waals surface area contributed by atoms with Crippen LogP contribution in [0.25, 0.3) is 0 Å². The second kappa shape index (κ2) is 4.57. The Morgan fingerprint density at radius 1 is 1.30 bits per heavy atom. The normalized spacial score (nSPS) is 20.3. The van der Waals surface area contributed by atoms with Crippen LogP contribution < -0.4 is 10.6 Å². The van der Waals surface area contributed by atoms with E-state index in [-0.39, 0.29) is 0 Å². The molecule has 7 nitrogen and oxygen atoms in total. The number of amides is 1. The fraction of sp³-hybridized carbons (Fsp3) is 0.692. The molecule has 0 aromatic heterocycles. The van der Waals surface area contributed by atoms with E-state index in [1.54, 1.807) is 6.92 Å². The molecule has 0 atom stereocenters. The molecule has 112 valence electrons. The summed E-state index contributed by atoms with van der Waals surface area (Å²) in [5.41, 5.74) is -0.190. The molecule has 3 N–H and O–H groups in total. The Bertz CT molecular complexity index is 460. The lowest BCUT2D eigenvalue weighted by Crippen LogP contribution is -2.58. The Morgan fingerprint density at radius 3 is 2.15 bits per heavy atom. The third kappa shape index (κ3) is 2.52. The lowest BCUT2D eigenvalue weighted by Gasteiger charge is -2.30. The third-order valence-electron chi connectivity index (χ3n) is 3.34. The first kappa shape index (κ1) is 14.5. The Morgan fingerprint density at radius 2 is 1.80 bits per heavy atom. The van der Waals surface area contributed by atoms with Crippen molar-refractivity contribution >= 4 is 12.1 Å². The molecule has 2 aliphatic rings. The molecule has 0 saturated heterocycles. The molecule has 0 unspecified atom stereocenters. The molecule has 0 saturated carbocycles. The van der Waals surface area contributed by atoms with E-state index in [1.807, 2.05) is 20.8 Å². The molecule has 2 heterocycles. The van der Waals surface area contributed by atoms with Gasteiger partial charge in [0.2, 0.25) is 5.66 Å². The first-order valence-electron chi connectivity index (χ1n) is 6.66. The summed E-state index contributed by atoms with van der Waals surface area (Å²) >= 11 is 0. The molecule has 0 aliphatic carbocycles. The predicted octanol–water partition coefficient (Wildman–Crippen LogP) is 0.832. The quantitative estimate of drug-likeness (QED) is 0.695. The number of nitrogens with one attached hydrogen (secondary N) is 2. The molecule has 0 spiro atoms. The summed E-state index contributed by atoms with van der Waals surface area (Å²) in [6.45, 7) is 7.90. The third-order valence-corrected chi connectivity index (χ3v) is 3.34. The minimum Gasteiger partial charge on any atom is -0.478 e. The van der Waals surface area contributed by atoms with Gasteiger partial charge in [-0.3, -0.25) is 4.90 Å². The van der Waals surface area contributed by atoms with Gasteiger partial charge in [-0.25, -0.2) is 9.59 Å². The van der Waals surface area contributed by atoms with Gasteiger partial charge in [-0.15, -0.1) is 0 Å². The number of aliphatic carboxylic acids is 1. The summed E-state index contributed by atoms with van der Waals surface area (Å²) in [5, 5.41) is 15.3. The largest absolute Gasteiger partial charge is 0.478 e. The van der Waals surface area contributed by atoms with Crippen molar-refractivity contribution in [3.05, 3.63) is 11.4 Å². The Hall–Kier alpha value is -1.92. The minimum absolute atomic E-state index is 0.340. The zero-order valence-corrected chi connectivity index (χ0v) is 12.2. The SMILES string of the molecule is CCC1(C(=O)O)NC2=C(CN(C(=O)OC(C)(C)C)C2)N1. The maximum Gasteiger partial charge on any atom is 0.410 e. The van der Waals surface area contributed by atoms with Crippen LogP contribution in [0.1, 0.15) is 34.1 Å². The fourth-order valence-electron chi connectivity index (χ4n) is 2.30. The molecular formula is C13H21N3O4. The number of nitrogens with zero attached hydrogens (tertiary/aromatic N) is 1. The number of hydrogen-bond acceptors (Lipinski definition) is 5. The molecule has 0 aromatic carbocycles. The van der Waals surface area contributed by atoms with Gasteiger partial charge in [0.1, 0.15) is 5.60 Å². The van der Waals surface area contributed by atoms with Crippen LogP contribution in [0.15, 0.2) is 11.4 Å². The average Bonchev–Trinajstić information content (AvgIpc) is 2.81. The lowest BCUT2D eigenvalue weighted by atomic mass is 10.1. The molecule has 0 bridgehead atoms. The molecule has 2 aliphatic heterocycles. The summed E-state index contributed by atoms with van der Waals surface area (Å²) in [6, 6.07) is 0. The Balaban J connectivity index is 1.99. The van der Waals surface area contributed by atoms with Crippen LogP contribution in [0.2, 0.25) is 0 Å². The molecule has 7 heteroatoms. The topological polar surface area (TPSA) is 90.9 Å². The highest BCUT2D eigenvalue weighted by atomic mass is 16.6. The van der Waals surface area contributed by atoms with Crippen molar-refractivity contribution in [2.75, 3.05) is 13.1 Å². The van der Waals surface area contributed by atoms with Gasteiger partial charge in [-0.05, 0) is 27.2 Å². The van der Waals surface area contributed by atoms with Crippen molar-refractivity contribution in [2.24, 2.45) is 0 Å². The number of carbonyl (C=O) groups excluding carboxylic acids is 1. The van der Waals surface area contributed by atoms with E-state index in [0.29, 0.717) is 19.5 Å². The second-order valence-electron chi connectivity index (χ2n) is 6.11. The summed E-state index contributed by atoms with van der Waals surface area (Å²) < 4.78 is 5.30. The van der Waals surface area contributed by atoms with Gasteiger partial charge < -0.3 is 20.5 Å². The summed E-state index contributed by atoms with van der Waals surface area (Å²) in [5.74, 6) is -0.946. The highest BCUT2D eigenvalue weighted by Crippen LogP contribution is 2.27. The first-order chi connectivity index (χ1) is 9.17. The molecule has 0 aromatic rings. The van der Waals surface area contributed by atoms with Crippen LogP contribution in [-0.2, 0) is 9.53 Å². The van der Waals surface area contributed by atoms with Gasteiger partial charge in [0, 0.05) is 0 Å². The molecule has 20 heavy (non-hydrogen) atoms. The molecule has 0 radical (unpaired) electrons. The van der Waals surface area contributed by atoms with Crippen molar-refractivity contribution in [3.63, 3.8) is 0 Å². The summed E-state index contributed by atoms with van der Waals surface area (Å²) in [7, 11) is 0. The van der Waals surface area contributed by atoms with Crippen molar-refractivity contribution in [3.8, 4) is 0 Å². The van der Waals surface area contributed by atoms with Gasteiger partial charge in [0.05, 0.1) is 24.5 Å². The van der Waals surface area contributed by atoms with Crippen LogP contribution >= 0.6 is 0 Å². The van der Waals surface area contributed by atoms with Gasteiger partial charge in [0.25, 0.3) is 0 Å². The summed E-state index contributed by atoms with van der Waals surface area (Å²) in [4.78, 5) is 24.8. The van der Waals surface area contributed by atoms with Crippen LogP contribution in [0.3, 0.4) is 0 Å². The Kier molecular flexibility index (Phi) is 3.31. The van der Waals surface area contributed by atoms with Crippen LogP contribution in [0.5, 0.6) is 0 Å². The van der Waals surface area contributed by atoms with E-state index in [2.05, 4.69) is 10.6 Å². The first-order valence-corrected chi connectivity index (χ1v) is 6.66. The van der Waals surface area contributed by atoms with Crippen LogP contribution in [-0.4, -0.2) is 46.4 Å². The van der Waals surface area contributed by atoms with E-state index >= 15 is 0 Å². The zero-order valence-electron chi connectivity index (χ0n) is 12.2. The number of carbonyl (C=O) groups is 2. The summed E-state index contributed by atoms with van der Waals surface area (Å²) in [6.07, 6.45) is 0.00909. The maximum absolute atomic E-state index is 12.0. The lowest BCUT2D eigenvalue weighted by molar-refractivity contribution is -0.145. The van der Waals surface area contributed by atoms with E-state index in [4.69, 9.17) is 4.74 Å². The van der Waals surface area contributed by atoms with Crippen LogP contribution in [0.4, 0.5) is 4.79 Å². The number of hydrogen-bond donors (Lipinski definition) is 3. The monoisotopic (exact) mass is 283 g/mol. The van der Waals surface area contributed by atoms with Gasteiger partial charge in [-0.2, -0.15) is 0 Å². The predicted molar refractivity (Wildman–Crippen MR) is 71.8 cm³/mol. The van der Waals surface area contributed by atoms with E-state index in [0.717, 1.165) is 11.4 Å². The minimum atomic E-state index is -1.15. The van der Waals surface area contributed by atoms with Gasteiger partial charge in [-0.1, -0.05) is 6.92 Å². The standard InChI is InChI=1S/C13H21N3O4/c1-5-13(10(17)18)14-8-6-16(7-9(8)15-13)11(19)20-12(2,3)4/h14-15H,5-7H2,1-4H3,(H,17,18). The number of rotatable bonds is 2. The van der Waals surface area contributed by atoms with Crippen molar-refractivity contribution in [2.45, 2.75) is 45.4 Å². The van der Waals surface area contributed by atoms with Crippen LogP contribution in [0, 0.1) is 0 Å². The zero-order chi connectivity index (χ0) is 15.1. The van der Waals surface area contributed by atoms with Crippen molar-refractivity contribution in [1.29, 1.82) is 0 Å². The molecular weight excluding hydrogens is 262 g/mol. The van der Waals surface area contributed by atoms with Crippen molar-refractivity contribution in [1.82, 2.24) is 15.5 Å². The van der Waals surface area contributed by atoms with E-state index in [1.165, 1.54) is 4.90 Å². The van der Waals surface area contributed by atoms with Gasteiger partial charge in [0.15, 0.2) is 0 Å². The molecule has 0 fully saturated rings. The van der Waals surface area contributed by atoms with E-state index < -0.39 is 23.3 Å². The fourth-order valence-corrected chi connectivity index (χ4v) is 2.30. The van der Waals surface area contributed by atoms with Gasteiger partial charge >= 0.3 is 12.1 Å². The Labute approximate surface area is 118 Å². The molecule has 2 rings (SSSR count). The number of carboxylic acids is 1. The average molecular weight is 283 g/mol. The molecule has 1 amide bonds. The smallest absolute Gasteiger partial charge is 0.410 e. The van der Waals surface area contributed by atoms with Crippen molar-refractivity contribution < 1.29 is 19.4 Å². The number of ether oxygens (including phenoxy) is 1. The maximum atomic E-state index is 12.0. The highest BCUT2D eigenvalue weighted by Gasteiger charge is 2.46. The number of carboxylic acid groups (broad SMARTS) is 1. The second-order valence-corrected chi connectivity index (χ2v) is 6.11. The highest BCUT2D eigenvalue weighted by molar-refractivity contribution is 5.80. The van der Waals surface area contributed by atoms with E-state index in [9.17, 15) is 14.7 Å².